The quantitative estimate of drug-likeness (QED) is 0.631. The highest BCUT2D eigenvalue weighted by atomic mass is 32.1. The number of hydrogen-bond acceptors (Lipinski definition) is 5. The Bertz CT molecular complexity index is 523. The smallest absolute Gasteiger partial charge is 0.176 e. The Balaban J connectivity index is 2.24. The Morgan fingerprint density at radius 3 is 2.79 bits per heavy atom. The van der Waals surface area contributed by atoms with Gasteiger partial charge >= 0.3 is 0 Å². The van der Waals surface area contributed by atoms with E-state index in [4.69, 9.17) is 0 Å². The lowest BCUT2D eigenvalue weighted by Crippen LogP contribution is -1.73. The number of benzene rings is 1. The van der Waals surface area contributed by atoms with Crippen LogP contribution in [0.5, 0.6) is 0 Å². The second-order valence-electron chi connectivity index (χ2n) is 2.73. The van der Waals surface area contributed by atoms with Gasteiger partial charge in [-0.05, 0) is 12.1 Å². The van der Waals surface area contributed by atoms with Gasteiger partial charge < -0.3 is 0 Å². The summed E-state index contributed by atoms with van der Waals surface area (Å²) in [6.45, 7) is 0. The fourth-order valence-corrected chi connectivity index (χ4v) is 2.78. The fourth-order valence-electron chi connectivity index (χ4n) is 1.23. The van der Waals surface area contributed by atoms with Crippen molar-refractivity contribution in [2.75, 3.05) is 0 Å². The van der Waals surface area contributed by atoms with Crippen LogP contribution in [0.2, 0.25) is 0 Å². The zero-order valence-electron chi connectivity index (χ0n) is 7.04. The first kappa shape index (κ1) is 8.02. The third-order valence-corrected chi connectivity index (χ3v) is 3.71. The van der Waals surface area contributed by atoms with E-state index < -0.39 is 0 Å². The van der Waals surface area contributed by atoms with E-state index in [1.165, 1.54) is 16.0 Å². The van der Waals surface area contributed by atoms with Crippen LogP contribution in [0, 0.1) is 0 Å². The van der Waals surface area contributed by atoms with Crippen molar-refractivity contribution in [3.63, 3.8) is 0 Å². The van der Waals surface area contributed by atoms with E-state index in [2.05, 4.69) is 21.2 Å². The largest absolute Gasteiger partial charge is 0.233 e. The van der Waals surface area contributed by atoms with Gasteiger partial charge in [-0.2, -0.15) is 0 Å². The Labute approximate surface area is 88.1 Å². The maximum absolute atomic E-state index is 4.48. The Kier molecular flexibility index (Phi) is 1.78. The summed E-state index contributed by atoms with van der Waals surface area (Å²) in [5.74, 6) is 0. The molecule has 2 aromatic heterocycles. The predicted molar refractivity (Wildman–Crippen MR) is 58.5 cm³/mol. The molecule has 0 aliphatic carbocycles. The molecule has 0 aliphatic heterocycles. The number of thiazole rings is 1. The average molecular weight is 219 g/mol. The van der Waals surface area contributed by atoms with E-state index >= 15 is 0 Å². The van der Waals surface area contributed by atoms with Gasteiger partial charge in [0.1, 0.15) is 5.51 Å². The van der Waals surface area contributed by atoms with Crippen LogP contribution in [-0.4, -0.2) is 15.2 Å². The van der Waals surface area contributed by atoms with Crippen LogP contribution in [0.3, 0.4) is 0 Å². The monoisotopic (exact) mass is 219 g/mol. The van der Waals surface area contributed by atoms with Crippen LogP contribution in [0.1, 0.15) is 0 Å². The third-order valence-electron chi connectivity index (χ3n) is 1.84. The van der Waals surface area contributed by atoms with Crippen molar-refractivity contribution in [2.24, 2.45) is 0 Å². The molecule has 0 saturated heterocycles. The lowest BCUT2D eigenvalue weighted by Gasteiger charge is -1.81. The van der Waals surface area contributed by atoms with Gasteiger partial charge in [0.2, 0.25) is 0 Å². The molecule has 0 saturated carbocycles. The Morgan fingerprint density at radius 2 is 2.00 bits per heavy atom. The van der Waals surface area contributed by atoms with E-state index in [0.29, 0.717) is 0 Å². The number of fused-ring (bicyclic) bond motifs is 1. The van der Waals surface area contributed by atoms with Gasteiger partial charge in [0.25, 0.3) is 0 Å². The van der Waals surface area contributed by atoms with Gasteiger partial charge in [0, 0.05) is 0 Å². The molecular weight excluding hydrogens is 214 g/mol. The normalized spacial score (nSPS) is 10.9. The summed E-state index contributed by atoms with van der Waals surface area (Å²) in [6.07, 6.45) is 0. The number of para-hydroxylation sites is 1. The molecule has 0 amide bonds. The minimum absolute atomic E-state index is 0.895. The van der Waals surface area contributed by atoms with Gasteiger partial charge in [0.05, 0.1) is 10.2 Å². The molecular formula is C9H5N3S2. The van der Waals surface area contributed by atoms with Crippen molar-refractivity contribution in [3.05, 3.63) is 29.8 Å². The highest BCUT2D eigenvalue weighted by Crippen LogP contribution is 2.30. The molecule has 0 atom stereocenters. The second-order valence-corrected chi connectivity index (χ2v) is 4.59. The zero-order chi connectivity index (χ0) is 9.38. The van der Waals surface area contributed by atoms with Crippen molar-refractivity contribution >= 4 is 32.9 Å². The second kappa shape index (κ2) is 3.11. The molecule has 68 valence electrons. The minimum Gasteiger partial charge on any atom is -0.233 e. The van der Waals surface area contributed by atoms with Crippen LogP contribution in [0.25, 0.3) is 20.2 Å². The summed E-state index contributed by atoms with van der Waals surface area (Å²) in [6, 6.07) is 8.09. The van der Waals surface area contributed by atoms with Crippen molar-refractivity contribution in [1.29, 1.82) is 0 Å². The van der Waals surface area contributed by atoms with Gasteiger partial charge in [-0.15, -0.1) is 21.5 Å². The summed E-state index contributed by atoms with van der Waals surface area (Å²) in [7, 11) is 0. The molecule has 1 aromatic carbocycles. The number of aromatic nitrogens is 3. The molecule has 0 N–H and O–H groups in total. The first-order valence-electron chi connectivity index (χ1n) is 4.05. The SMILES string of the molecule is c1ccc2sc(-c3nncs3)nc2c1. The lowest BCUT2D eigenvalue weighted by atomic mass is 10.3. The number of rotatable bonds is 1. The van der Waals surface area contributed by atoms with Crippen molar-refractivity contribution < 1.29 is 0 Å². The summed E-state index contributed by atoms with van der Waals surface area (Å²) >= 11 is 3.17. The summed E-state index contributed by atoms with van der Waals surface area (Å²) in [5.41, 5.74) is 2.75. The van der Waals surface area contributed by atoms with Crippen LogP contribution in [0.15, 0.2) is 29.8 Å². The van der Waals surface area contributed by atoms with Crippen LogP contribution in [-0.2, 0) is 0 Å². The third kappa shape index (κ3) is 1.21. The van der Waals surface area contributed by atoms with E-state index in [-0.39, 0.29) is 0 Å². The Morgan fingerprint density at radius 1 is 1.07 bits per heavy atom. The molecule has 3 aromatic rings. The molecule has 0 fully saturated rings. The molecule has 0 aliphatic rings. The van der Waals surface area contributed by atoms with Gasteiger partial charge in [-0.3, -0.25) is 0 Å². The van der Waals surface area contributed by atoms with E-state index in [0.717, 1.165) is 15.5 Å². The molecule has 0 bridgehead atoms. The maximum atomic E-state index is 4.48. The summed E-state index contributed by atoms with van der Waals surface area (Å²) in [4.78, 5) is 4.48. The summed E-state index contributed by atoms with van der Waals surface area (Å²) < 4.78 is 1.19. The predicted octanol–water partition coefficient (Wildman–Crippen LogP) is 2.81. The zero-order valence-corrected chi connectivity index (χ0v) is 8.68. The Hall–Kier alpha value is -1.33. The number of hydrogen-bond donors (Lipinski definition) is 0. The van der Waals surface area contributed by atoms with Crippen molar-refractivity contribution in [2.45, 2.75) is 0 Å². The van der Waals surface area contributed by atoms with Crippen molar-refractivity contribution in [3.8, 4) is 10.0 Å². The molecule has 3 rings (SSSR count). The van der Waals surface area contributed by atoms with E-state index in [1.807, 2.05) is 18.2 Å². The first-order chi connectivity index (χ1) is 6.93. The van der Waals surface area contributed by atoms with Crippen molar-refractivity contribution in [1.82, 2.24) is 15.2 Å². The molecule has 5 heteroatoms. The van der Waals surface area contributed by atoms with Gasteiger partial charge in [0.15, 0.2) is 10.0 Å². The van der Waals surface area contributed by atoms with Crippen LogP contribution in [0.4, 0.5) is 0 Å². The molecule has 3 nitrogen and oxygen atoms in total. The highest BCUT2D eigenvalue weighted by Gasteiger charge is 2.07. The van der Waals surface area contributed by atoms with Gasteiger partial charge in [-0.1, -0.05) is 23.5 Å². The standard InChI is InChI=1S/C9H5N3S2/c1-2-4-7-6(3-1)11-8(14-7)9-12-10-5-13-9/h1-5H. The number of nitrogens with zero attached hydrogens (tertiary/aromatic N) is 3. The molecule has 0 unspecified atom stereocenters. The van der Waals surface area contributed by atoms with Crippen LogP contribution < -0.4 is 0 Å². The van der Waals surface area contributed by atoms with E-state index in [9.17, 15) is 0 Å². The average Bonchev–Trinajstić information content (AvgIpc) is 2.86. The summed E-state index contributed by atoms with van der Waals surface area (Å²) in [5, 5.41) is 9.65. The maximum Gasteiger partial charge on any atom is 0.176 e. The van der Waals surface area contributed by atoms with Crippen LogP contribution >= 0.6 is 22.7 Å². The molecule has 0 spiro atoms. The van der Waals surface area contributed by atoms with Gasteiger partial charge in [-0.25, -0.2) is 4.98 Å². The molecule has 0 radical (unpaired) electrons. The highest BCUT2D eigenvalue weighted by molar-refractivity contribution is 7.24. The molecule has 2 heterocycles. The minimum atomic E-state index is 0.895. The fraction of sp³-hybridized carbons (Fsp3) is 0. The topological polar surface area (TPSA) is 38.7 Å². The lowest BCUT2D eigenvalue weighted by molar-refractivity contribution is 1.09. The van der Waals surface area contributed by atoms with E-state index in [1.54, 1.807) is 16.8 Å². The first-order valence-corrected chi connectivity index (χ1v) is 5.75. The molecule has 14 heavy (non-hydrogen) atoms.